The average Bonchev–Trinajstić information content (AvgIpc) is 3.35. The minimum Gasteiger partial charge on any atom is -0.384 e. The normalized spacial score (nSPS) is 24.1. The Morgan fingerprint density at radius 2 is 2.07 bits per heavy atom. The molecule has 0 bridgehead atoms. The van der Waals surface area contributed by atoms with Gasteiger partial charge < -0.3 is 19.6 Å². The van der Waals surface area contributed by atoms with Gasteiger partial charge in [-0.05, 0) is 50.2 Å². The molecule has 1 amide bonds. The molecule has 2 fully saturated rings. The minimum absolute atomic E-state index is 0.0886. The topological polar surface area (TPSA) is 70.8 Å². The summed E-state index contributed by atoms with van der Waals surface area (Å²) in [6.07, 6.45) is 5.89. The highest BCUT2D eigenvalue weighted by molar-refractivity contribution is 5.94. The SMILES string of the molecule is O=C(c1cccc(-n2cccn2)c1)N1CCOCC(O)(CN2CCCC2)C1. The van der Waals surface area contributed by atoms with Gasteiger partial charge in [-0.15, -0.1) is 0 Å². The van der Waals surface area contributed by atoms with E-state index in [0.29, 0.717) is 25.3 Å². The summed E-state index contributed by atoms with van der Waals surface area (Å²) in [5, 5.41) is 15.3. The van der Waals surface area contributed by atoms with E-state index in [-0.39, 0.29) is 19.1 Å². The standard InChI is InChI=1S/C20H26N4O3/c25-19(17-5-3-6-18(13-17)24-10-4-7-21-24)23-11-12-27-16-20(26,15-23)14-22-8-1-2-9-22/h3-7,10,13,26H,1-2,8-9,11-12,14-16H2. The van der Waals surface area contributed by atoms with E-state index in [1.54, 1.807) is 21.8 Å². The fourth-order valence-electron chi connectivity index (χ4n) is 3.93. The van der Waals surface area contributed by atoms with Gasteiger partial charge in [-0.3, -0.25) is 4.79 Å². The van der Waals surface area contributed by atoms with Crippen LogP contribution >= 0.6 is 0 Å². The van der Waals surface area contributed by atoms with E-state index in [0.717, 1.165) is 18.8 Å². The van der Waals surface area contributed by atoms with Crippen LogP contribution in [-0.2, 0) is 4.74 Å². The molecule has 2 saturated heterocycles. The van der Waals surface area contributed by atoms with Crippen molar-refractivity contribution in [2.45, 2.75) is 18.4 Å². The Morgan fingerprint density at radius 3 is 2.85 bits per heavy atom. The number of carbonyl (C=O) groups is 1. The highest BCUT2D eigenvalue weighted by atomic mass is 16.5. The van der Waals surface area contributed by atoms with Crippen molar-refractivity contribution in [2.75, 3.05) is 45.9 Å². The van der Waals surface area contributed by atoms with Crippen LogP contribution in [0.3, 0.4) is 0 Å². The Bertz CT molecular complexity index is 773. The number of hydrogen-bond donors (Lipinski definition) is 1. The lowest BCUT2D eigenvalue weighted by atomic mass is 10.0. The molecule has 0 saturated carbocycles. The number of amides is 1. The van der Waals surface area contributed by atoms with Gasteiger partial charge in [0.05, 0.1) is 25.4 Å². The smallest absolute Gasteiger partial charge is 0.254 e. The monoisotopic (exact) mass is 370 g/mol. The number of hydrogen-bond acceptors (Lipinski definition) is 5. The van der Waals surface area contributed by atoms with E-state index in [4.69, 9.17) is 4.74 Å². The Balaban J connectivity index is 1.51. The third-order valence-corrected chi connectivity index (χ3v) is 5.23. The zero-order valence-electron chi connectivity index (χ0n) is 15.5. The number of β-amino-alcohol motifs (C(OH)–C–C–N with tert-alkyl or cyclic N) is 1. The maximum absolute atomic E-state index is 13.1. The molecule has 1 N–H and O–H groups in total. The van der Waals surface area contributed by atoms with Crippen LogP contribution in [0.4, 0.5) is 0 Å². The summed E-state index contributed by atoms with van der Waals surface area (Å²) in [7, 11) is 0. The van der Waals surface area contributed by atoms with E-state index < -0.39 is 5.60 Å². The van der Waals surface area contributed by atoms with Gasteiger partial charge in [-0.25, -0.2) is 4.68 Å². The summed E-state index contributed by atoms with van der Waals surface area (Å²) >= 11 is 0. The van der Waals surface area contributed by atoms with Gasteiger partial charge in [0.25, 0.3) is 5.91 Å². The second-order valence-corrected chi connectivity index (χ2v) is 7.49. The van der Waals surface area contributed by atoms with E-state index in [2.05, 4.69) is 10.00 Å². The molecule has 0 spiro atoms. The predicted molar refractivity (Wildman–Crippen MR) is 101 cm³/mol. The third-order valence-electron chi connectivity index (χ3n) is 5.23. The Kier molecular flexibility index (Phi) is 5.24. The number of nitrogens with zero attached hydrogens (tertiary/aromatic N) is 4. The van der Waals surface area contributed by atoms with Crippen LogP contribution in [0.2, 0.25) is 0 Å². The van der Waals surface area contributed by atoms with E-state index >= 15 is 0 Å². The van der Waals surface area contributed by atoms with E-state index in [1.807, 2.05) is 30.5 Å². The van der Waals surface area contributed by atoms with Crippen molar-refractivity contribution in [2.24, 2.45) is 0 Å². The van der Waals surface area contributed by atoms with Crippen molar-refractivity contribution in [3.63, 3.8) is 0 Å². The second kappa shape index (κ2) is 7.80. The molecule has 7 nitrogen and oxygen atoms in total. The highest BCUT2D eigenvalue weighted by Gasteiger charge is 2.36. The van der Waals surface area contributed by atoms with Crippen molar-refractivity contribution in [3.05, 3.63) is 48.3 Å². The predicted octanol–water partition coefficient (Wildman–Crippen LogP) is 1.17. The Morgan fingerprint density at radius 1 is 1.22 bits per heavy atom. The third kappa shape index (κ3) is 4.21. The summed E-state index contributed by atoms with van der Waals surface area (Å²) in [6.45, 7) is 4.02. The van der Waals surface area contributed by atoms with Gasteiger partial charge in [0.2, 0.25) is 0 Å². The molecule has 1 atom stereocenters. The zero-order chi connectivity index (χ0) is 18.7. The van der Waals surface area contributed by atoms with Gasteiger partial charge in [-0.1, -0.05) is 6.07 Å². The van der Waals surface area contributed by atoms with Crippen LogP contribution in [0.25, 0.3) is 5.69 Å². The molecule has 144 valence electrons. The molecule has 27 heavy (non-hydrogen) atoms. The quantitative estimate of drug-likeness (QED) is 0.875. The van der Waals surface area contributed by atoms with Gasteiger partial charge in [-0.2, -0.15) is 5.10 Å². The van der Waals surface area contributed by atoms with Crippen LogP contribution in [-0.4, -0.2) is 82.1 Å². The number of carbonyl (C=O) groups excluding carboxylic acids is 1. The maximum Gasteiger partial charge on any atom is 0.254 e. The van der Waals surface area contributed by atoms with Crippen LogP contribution < -0.4 is 0 Å². The molecule has 2 aliphatic heterocycles. The van der Waals surface area contributed by atoms with Crippen molar-refractivity contribution >= 4 is 5.91 Å². The first-order valence-electron chi connectivity index (χ1n) is 9.55. The van der Waals surface area contributed by atoms with Crippen molar-refractivity contribution < 1.29 is 14.6 Å². The van der Waals surface area contributed by atoms with Crippen LogP contribution in [0, 0.1) is 0 Å². The molecule has 4 rings (SSSR count). The van der Waals surface area contributed by atoms with Crippen LogP contribution in [0.5, 0.6) is 0 Å². The number of aliphatic hydroxyl groups is 1. The van der Waals surface area contributed by atoms with Crippen LogP contribution in [0.15, 0.2) is 42.7 Å². The molecule has 2 aliphatic rings. The van der Waals surface area contributed by atoms with Crippen molar-refractivity contribution in [3.8, 4) is 5.69 Å². The van der Waals surface area contributed by atoms with E-state index in [9.17, 15) is 9.90 Å². The summed E-state index contributed by atoms with van der Waals surface area (Å²) in [6, 6.07) is 9.26. The number of aromatic nitrogens is 2. The first kappa shape index (κ1) is 18.2. The lowest BCUT2D eigenvalue weighted by Crippen LogP contribution is -2.53. The number of likely N-dealkylation sites (tertiary alicyclic amines) is 1. The van der Waals surface area contributed by atoms with E-state index in [1.165, 1.54) is 12.8 Å². The summed E-state index contributed by atoms with van der Waals surface area (Å²) < 4.78 is 7.36. The molecule has 1 aromatic heterocycles. The molecule has 7 heteroatoms. The fraction of sp³-hybridized carbons (Fsp3) is 0.500. The molecule has 2 aromatic rings. The van der Waals surface area contributed by atoms with Crippen LogP contribution in [0.1, 0.15) is 23.2 Å². The maximum atomic E-state index is 13.1. The van der Waals surface area contributed by atoms with Gasteiger partial charge >= 0.3 is 0 Å². The molecule has 1 unspecified atom stereocenters. The van der Waals surface area contributed by atoms with Gasteiger partial charge in [0.15, 0.2) is 0 Å². The lowest BCUT2D eigenvalue weighted by Gasteiger charge is -2.34. The number of ether oxygens (including phenoxy) is 1. The zero-order valence-corrected chi connectivity index (χ0v) is 15.5. The number of rotatable bonds is 4. The summed E-state index contributed by atoms with van der Waals surface area (Å²) in [5.41, 5.74) is 0.397. The number of benzene rings is 1. The molecule has 0 radical (unpaired) electrons. The molecular formula is C20H26N4O3. The first-order valence-corrected chi connectivity index (χ1v) is 9.55. The fourth-order valence-corrected chi connectivity index (χ4v) is 3.93. The summed E-state index contributed by atoms with van der Waals surface area (Å²) in [5.74, 6) is -0.0886. The Labute approximate surface area is 159 Å². The molecular weight excluding hydrogens is 344 g/mol. The molecule has 0 aliphatic carbocycles. The molecule has 3 heterocycles. The second-order valence-electron chi connectivity index (χ2n) is 7.49. The van der Waals surface area contributed by atoms with Crippen molar-refractivity contribution in [1.82, 2.24) is 19.6 Å². The summed E-state index contributed by atoms with van der Waals surface area (Å²) in [4.78, 5) is 17.1. The first-order chi connectivity index (χ1) is 13.1. The average molecular weight is 370 g/mol. The Hall–Kier alpha value is -2.22. The van der Waals surface area contributed by atoms with Gasteiger partial charge in [0, 0.05) is 31.0 Å². The minimum atomic E-state index is -1.03. The van der Waals surface area contributed by atoms with Gasteiger partial charge in [0.1, 0.15) is 5.60 Å². The molecule has 1 aromatic carbocycles. The highest BCUT2D eigenvalue weighted by Crippen LogP contribution is 2.20. The lowest BCUT2D eigenvalue weighted by molar-refractivity contribution is -0.0524. The van der Waals surface area contributed by atoms with Crippen molar-refractivity contribution in [1.29, 1.82) is 0 Å². The largest absolute Gasteiger partial charge is 0.384 e.